The minimum Gasteiger partial charge on any atom is -0.289 e. The number of benzene rings is 2. The lowest BCUT2D eigenvalue weighted by Gasteiger charge is -2.09. The van der Waals surface area contributed by atoms with Crippen LogP contribution >= 0.6 is 0 Å². The number of hydrogen-bond acceptors (Lipinski definition) is 5. The molecule has 1 N–H and O–H groups in total. The van der Waals surface area contributed by atoms with Gasteiger partial charge in [0.1, 0.15) is 12.1 Å². The van der Waals surface area contributed by atoms with Crippen LogP contribution in [-0.2, 0) is 13.6 Å². The summed E-state index contributed by atoms with van der Waals surface area (Å²) in [7, 11) is 1.86. The van der Waals surface area contributed by atoms with E-state index < -0.39 is 0 Å². The highest BCUT2D eigenvalue weighted by Crippen LogP contribution is 2.27. The number of aryl methyl sites for hydroxylation is 1. The highest BCUT2D eigenvalue weighted by Gasteiger charge is 2.17. The number of nitrogens with one attached hydrogen (secondary N) is 1. The summed E-state index contributed by atoms with van der Waals surface area (Å²) in [5.74, 6) is -0.450. The number of anilines is 1. The van der Waals surface area contributed by atoms with Crippen molar-refractivity contribution in [3.05, 3.63) is 89.8 Å². The van der Waals surface area contributed by atoms with Crippen molar-refractivity contribution in [1.29, 1.82) is 0 Å². The molecule has 33 heavy (non-hydrogen) atoms. The molecule has 8 nitrogen and oxygen atoms in total. The SMILES string of the molecule is Cc1c(-c2cc(C(=O)Nc3ncn(Cc4ccc(F)cc4)n3)c3ccccc3n2)cnn1C. The molecule has 0 saturated heterocycles. The van der Waals surface area contributed by atoms with Gasteiger partial charge in [-0.15, -0.1) is 5.10 Å². The van der Waals surface area contributed by atoms with Gasteiger partial charge in [0.15, 0.2) is 0 Å². The van der Waals surface area contributed by atoms with Crippen LogP contribution < -0.4 is 5.32 Å². The lowest BCUT2D eigenvalue weighted by Crippen LogP contribution is -2.14. The minimum absolute atomic E-state index is 0.183. The lowest BCUT2D eigenvalue weighted by atomic mass is 10.0. The van der Waals surface area contributed by atoms with Gasteiger partial charge in [0.25, 0.3) is 5.91 Å². The Morgan fingerprint density at radius 1 is 1.12 bits per heavy atom. The Balaban J connectivity index is 1.44. The van der Waals surface area contributed by atoms with Crippen LogP contribution in [0.2, 0.25) is 0 Å². The Kier molecular flexibility index (Phi) is 5.14. The number of para-hydroxylation sites is 1. The lowest BCUT2D eigenvalue weighted by molar-refractivity contribution is 0.102. The summed E-state index contributed by atoms with van der Waals surface area (Å²) in [5, 5.41) is 12.1. The number of aromatic nitrogens is 6. The number of hydrogen-bond donors (Lipinski definition) is 1. The zero-order chi connectivity index (χ0) is 22.9. The Bertz CT molecular complexity index is 1470. The van der Waals surface area contributed by atoms with Gasteiger partial charge in [-0.3, -0.25) is 14.8 Å². The summed E-state index contributed by atoms with van der Waals surface area (Å²) in [6.45, 7) is 2.36. The molecule has 0 spiro atoms. The molecule has 0 aliphatic heterocycles. The Labute approximate surface area is 188 Å². The van der Waals surface area contributed by atoms with Crippen molar-refractivity contribution in [2.45, 2.75) is 13.5 Å². The van der Waals surface area contributed by atoms with Gasteiger partial charge in [0, 0.05) is 23.7 Å². The maximum Gasteiger partial charge on any atom is 0.258 e. The Morgan fingerprint density at radius 3 is 2.67 bits per heavy atom. The number of nitrogens with zero attached hydrogens (tertiary/aromatic N) is 6. The molecule has 0 saturated carbocycles. The van der Waals surface area contributed by atoms with E-state index in [9.17, 15) is 9.18 Å². The molecule has 164 valence electrons. The largest absolute Gasteiger partial charge is 0.289 e. The maximum absolute atomic E-state index is 13.2. The summed E-state index contributed by atoms with van der Waals surface area (Å²) in [5.41, 5.74) is 4.52. The monoisotopic (exact) mass is 441 g/mol. The molecule has 0 aliphatic rings. The molecule has 1 amide bonds. The van der Waals surface area contributed by atoms with Crippen molar-refractivity contribution in [3.8, 4) is 11.3 Å². The number of carbonyl (C=O) groups is 1. The smallest absolute Gasteiger partial charge is 0.258 e. The number of pyridine rings is 1. The molecule has 5 rings (SSSR count). The van der Waals surface area contributed by atoms with E-state index in [2.05, 4.69) is 20.5 Å². The quantitative estimate of drug-likeness (QED) is 0.446. The van der Waals surface area contributed by atoms with Gasteiger partial charge in [0.2, 0.25) is 5.95 Å². The van der Waals surface area contributed by atoms with Crippen molar-refractivity contribution in [1.82, 2.24) is 29.5 Å². The molecule has 9 heteroatoms. The van der Waals surface area contributed by atoms with Gasteiger partial charge < -0.3 is 0 Å². The highest BCUT2D eigenvalue weighted by atomic mass is 19.1. The molecule has 0 atom stereocenters. The third-order valence-corrected chi connectivity index (χ3v) is 5.49. The van der Waals surface area contributed by atoms with E-state index in [1.165, 1.54) is 18.5 Å². The number of amides is 1. The van der Waals surface area contributed by atoms with Gasteiger partial charge in [-0.25, -0.2) is 19.0 Å². The number of rotatable bonds is 5. The minimum atomic E-state index is -0.337. The van der Waals surface area contributed by atoms with E-state index >= 15 is 0 Å². The second kappa shape index (κ2) is 8.27. The zero-order valence-corrected chi connectivity index (χ0v) is 18.0. The predicted molar refractivity (Wildman–Crippen MR) is 122 cm³/mol. The van der Waals surface area contributed by atoms with Crippen LogP contribution in [0.25, 0.3) is 22.2 Å². The van der Waals surface area contributed by atoms with E-state index in [4.69, 9.17) is 4.98 Å². The molecule has 3 aromatic heterocycles. The van der Waals surface area contributed by atoms with Crippen molar-refractivity contribution in [2.75, 3.05) is 5.32 Å². The van der Waals surface area contributed by atoms with Crippen LogP contribution in [0.5, 0.6) is 0 Å². The van der Waals surface area contributed by atoms with E-state index in [-0.39, 0.29) is 17.7 Å². The van der Waals surface area contributed by atoms with Crippen LogP contribution in [0.1, 0.15) is 21.6 Å². The average Bonchev–Trinajstić information content (AvgIpc) is 3.40. The van der Waals surface area contributed by atoms with Crippen molar-refractivity contribution in [3.63, 3.8) is 0 Å². The summed E-state index contributed by atoms with van der Waals surface area (Å²) < 4.78 is 16.5. The van der Waals surface area contributed by atoms with Gasteiger partial charge in [0.05, 0.1) is 29.5 Å². The number of fused-ring (bicyclic) bond motifs is 1. The van der Waals surface area contributed by atoms with Gasteiger partial charge in [-0.2, -0.15) is 5.10 Å². The summed E-state index contributed by atoms with van der Waals surface area (Å²) in [6.07, 6.45) is 3.26. The van der Waals surface area contributed by atoms with Crippen LogP contribution in [0.15, 0.2) is 67.1 Å². The van der Waals surface area contributed by atoms with Crippen LogP contribution in [-0.4, -0.2) is 35.4 Å². The van der Waals surface area contributed by atoms with Gasteiger partial charge >= 0.3 is 0 Å². The highest BCUT2D eigenvalue weighted by molar-refractivity contribution is 6.12. The molecule has 2 aromatic carbocycles. The fraction of sp³-hybridized carbons (Fsp3) is 0.125. The van der Waals surface area contributed by atoms with E-state index in [1.807, 2.05) is 38.2 Å². The van der Waals surface area contributed by atoms with Gasteiger partial charge in [-0.05, 0) is 36.8 Å². The third-order valence-electron chi connectivity index (χ3n) is 5.49. The second-order valence-electron chi connectivity index (χ2n) is 7.69. The topological polar surface area (TPSA) is 90.5 Å². The molecule has 0 bridgehead atoms. The summed E-state index contributed by atoms with van der Waals surface area (Å²) in [4.78, 5) is 22.1. The fourth-order valence-corrected chi connectivity index (χ4v) is 3.63. The fourth-order valence-electron chi connectivity index (χ4n) is 3.63. The van der Waals surface area contributed by atoms with Crippen LogP contribution in [0.4, 0.5) is 10.3 Å². The first kappa shape index (κ1) is 20.5. The molecule has 5 aromatic rings. The Morgan fingerprint density at radius 2 is 1.91 bits per heavy atom. The van der Waals surface area contributed by atoms with Crippen LogP contribution in [0, 0.1) is 12.7 Å². The second-order valence-corrected chi connectivity index (χ2v) is 7.69. The number of halogens is 1. The molecule has 0 radical (unpaired) electrons. The van der Waals surface area contributed by atoms with Crippen molar-refractivity contribution < 1.29 is 9.18 Å². The first-order valence-corrected chi connectivity index (χ1v) is 10.3. The van der Waals surface area contributed by atoms with E-state index in [0.717, 1.165) is 22.2 Å². The molecule has 3 heterocycles. The average molecular weight is 441 g/mol. The molecule has 0 aliphatic carbocycles. The summed E-state index contributed by atoms with van der Waals surface area (Å²) in [6, 6.07) is 15.4. The standard InChI is InChI=1S/C24H20FN7O/c1-15-20(12-27-31(15)2)22-11-19(18-5-3-4-6-21(18)28-22)23(33)29-24-26-14-32(30-24)13-16-7-9-17(25)10-8-16/h3-12,14H,13H2,1-2H3,(H,29,30,33). The zero-order valence-electron chi connectivity index (χ0n) is 18.0. The Hall–Kier alpha value is -4.40. The molecular weight excluding hydrogens is 421 g/mol. The molecular formula is C24H20FN7O. The van der Waals surface area contributed by atoms with Crippen molar-refractivity contribution in [2.24, 2.45) is 7.05 Å². The van der Waals surface area contributed by atoms with E-state index in [1.54, 1.807) is 33.8 Å². The molecule has 0 fully saturated rings. The predicted octanol–water partition coefficient (Wildman–Crippen LogP) is 3.97. The normalized spacial score (nSPS) is 11.1. The van der Waals surface area contributed by atoms with E-state index in [0.29, 0.717) is 23.3 Å². The maximum atomic E-state index is 13.2. The summed E-state index contributed by atoms with van der Waals surface area (Å²) >= 11 is 0. The van der Waals surface area contributed by atoms with Crippen molar-refractivity contribution >= 4 is 22.8 Å². The van der Waals surface area contributed by atoms with Gasteiger partial charge in [-0.1, -0.05) is 30.3 Å². The first-order valence-electron chi connectivity index (χ1n) is 10.3. The number of carbonyl (C=O) groups excluding carboxylic acids is 1. The van der Waals surface area contributed by atoms with Crippen LogP contribution in [0.3, 0.4) is 0 Å². The third kappa shape index (κ3) is 4.08. The first-order chi connectivity index (χ1) is 16.0. The molecule has 0 unspecified atom stereocenters.